The van der Waals surface area contributed by atoms with Crippen LogP contribution in [-0.4, -0.2) is 11.7 Å². The van der Waals surface area contributed by atoms with Crippen LogP contribution in [0.5, 0.6) is 0 Å². The first-order valence-corrected chi connectivity index (χ1v) is 3.07. The van der Waals surface area contributed by atoms with Crippen LogP contribution in [0.15, 0.2) is 11.6 Å². The summed E-state index contributed by atoms with van der Waals surface area (Å²) in [5, 5.41) is 8.37. The minimum absolute atomic E-state index is 0.275. The van der Waals surface area contributed by atoms with Gasteiger partial charge in [-0.25, -0.2) is 0 Å². The number of rotatable bonds is 3. The van der Waals surface area contributed by atoms with Crippen molar-refractivity contribution in [3.05, 3.63) is 11.6 Å². The van der Waals surface area contributed by atoms with Crippen LogP contribution in [0.2, 0.25) is 0 Å². The van der Waals surface area contributed by atoms with E-state index < -0.39 is 0 Å². The van der Waals surface area contributed by atoms with E-state index >= 15 is 0 Å². The molecule has 0 aliphatic carbocycles. The van der Waals surface area contributed by atoms with Gasteiger partial charge in [-0.05, 0) is 19.8 Å². The van der Waals surface area contributed by atoms with E-state index in [0.717, 1.165) is 12.8 Å². The molecule has 48 valence electrons. The van der Waals surface area contributed by atoms with Gasteiger partial charge in [0, 0.05) is 6.61 Å². The zero-order valence-electron chi connectivity index (χ0n) is 5.65. The second-order valence-electron chi connectivity index (χ2n) is 1.92. The highest BCUT2D eigenvalue weighted by atomic mass is 16.2. The van der Waals surface area contributed by atoms with Gasteiger partial charge in [-0.3, -0.25) is 0 Å². The van der Waals surface area contributed by atoms with Crippen molar-refractivity contribution in [3.8, 4) is 0 Å². The molecule has 0 heterocycles. The predicted octanol–water partition coefficient (Wildman–Crippen LogP) is 1.73. The van der Waals surface area contributed by atoms with Gasteiger partial charge >= 0.3 is 0 Å². The van der Waals surface area contributed by atoms with Gasteiger partial charge in [-0.2, -0.15) is 0 Å². The van der Waals surface area contributed by atoms with Crippen molar-refractivity contribution in [2.45, 2.75) is 26.7 Å². The lowest BCUT2D eigenvalue weighted by Crippen LogP contribution is -1.78. The molecule has 0 rings (SSSR count). The maximum atomic E-state index is 8.37. The minimum Gasteiger partial charge on any atom is -0.396 e. The zero-order valence-corrected chi connectivity index (χ0v) is 5.65. The van der Waals surface area contributed by atoms with E-state index in [1.54, 1.807) is 0 Å². The Morgan fingerprint density at radius 2 is 2.25 bits per heavy atom. The summed E-state index contributed by atoms with van der Waals surface area (Å²) < 4.78 is 0. The van der Waals surface area contributed by atoms with Crippen molar-refractivity contribution >= 4 is 0 Å². The Labute approximate surface area is 51.0 Å². The zero-order chi connectivity index (χ0) is 6.41. The maximum Gasteiger partial charge on any atom is 0.0465 e. The largest absolute Gasteiger partial charge is 0.396 e. The Kier molecular flexibility index (Phi) is 4.67. The monoisotopic (exact) mass is 114 g/mol. The van der Waals surface area contributed by atoms with Crippen molar-refractivity contribution < 1.29 is 5.11 Å². The molecule has 1 N–H and O–H groups in total. The fraction of sp³-hybridized carbons (Fsp3) is 0.714. The number of aliphatic hydroxyl groups excluding tert-OH is 1. The molecule has 0 bridgehead atoms. The Balaban J connectivity index is 3.26. The lowest BCUT2D eigenvalue weighted by atomic mass is 10.2. The molecule has 1 nitrogen and oxygen atoms in total. The van der Waals surface area contributed by atoms with Crippen LogP contribution < -0.4 is 0 Å². The van der Waals surface area contributed by atoms with E-state index in [1.807, 2.05) is 0 Å². The van der Waals surface area contributed by atoms with Gasteiger partial charge in [0.1, 0.15) is 0 Å². The van der Waals surface area contributed by atoms with Gasteiger partial charge in [0.25, 0.3) is 0 Å². The molecular weight excluding hydrogens is 100 g/mol. The summed E-state index contributed by atoms with van der Waals surface area (Å²) in [7, 11) is 0. The standard InChI is InChI=1S/C7H14O/c1-3-7(2)5-4-6-8/h5,8H,3-4,6H2,1-2H3. The van der Waals surface area contributed by atoms with Crippen LogP contribution in [0.3, 0.4) is 0 Å². The van der Waals surface area contributed by atoms with Crippen LogP contribution in [0.25, 0.3) is 0 Å². The summed E-state index contributed by atoms with van der Waals surface area (Å²) in [6.45, 7) is 4.47. The van der Waals surface area contributed by atoms with Gasteiger partial charge in [-0.15, -0.1) is 0 Å². The summed E-state index contributed by atoms with van der Waals surface area (Å²) in [6.07, 6.45) is 3.97. The maximum absolute atomic E-state index is 8.37. The summed E-state index contributed by atoms with van der Waals surface area (Å²) in [5.74, 6) is 0. The molecule has 0 saturated carbocycles. The van der Waals surface area contributed by atoms with Crippen LogP contribution in [-0.2, 0) is 0 Å². The third kappa shape index (κ3) is 3.88. The molecule has 0 aromatic rings. The van der Waals surface area contributed by atoms with E-state index in [-0.39, 0.29) is 6.61 Å². The summed E-state index contributed by atoms with van der Waals surface area (Å²) in [4.78, 5) is 0. The van der Waals surface area contributed by atoms with Gasteiger partial charge < -0.3 is 5.11 Å². The minimum atomic E-state index is 0.275. The van der Waals surface area contributed by atoms with E-state index in [2.05, 4.69) is 19.9 Å². The molecule has 0 radical (unpaired) electrons. The predicted molar refractivity (Wildman–Crippen MR) is 35.8 cm³/mol. The summed E-state index contributed by atoms with van der Waals surface area (Å²) >= 11 is 0. The fourth-order valence-electron chi connectivity index (χ4n) is 0.455. The lowest BCUT2D eigenvalue weighted by molar-refractivity contribution is 0.302. The van der Waals surface area contributed by atoms with Crippen molar-refractivity contribution in [1.82, 2.24) is 0 Å². The Morgan fingerprint density at radius 1 is 1.62 bits per heavy atom. The third-order valence-corrected chi connectivity index (χ3v) is 1.18. The quantitative estimate of drug-likeness (QED) is 0.554. The van der Waals surface area contributed by atoms with E-state index in [1.165, 1.54) is 5.57 Å². The van der Waals surface area contributed by atoms with Crippen molar-refractivity contribution in [1.29, 1.82) is 0 Å². The molecule has 0 saturated heterocycles. The van der Waals surface area contributed by atoms with Crippen molar-refractivity contribution in [2.24, 2.45) is 0 Å². The average molecular weight is 114 g/mol. The lowest BCUT2D eigenvalue weighted by Gasteiger charge is -1.90. The molecule has 0 spiro atoms. The Morgan fingerprint density at radius 3 is 2.62 bits per heavy atom. The van der Waals surface area contributed by atoms with E-state index in [9.17, 15) is 0 Å². The number of hydrogen-bond acceptors (Lipinski definition) is 1. The molecule has 0 aliphatic rings. The normalized spacial score (nSPS) is 12.1. The van der Waals surface area contributed by atoms with Gasteiger partial charge in [-0.1, -0.05) is 18.6 Å². The topological polar surface area (TPSA) is 20.2 Å². The summed E-state index contributed by atoms with van der Waals surface area (Å²) in [6, 6.07) is 0. The smallest absolute Gasteiger partial charge is 0.0465 e. The molecule has 0 aromatic heterocycles. The molecule has 0 aliphatic heterocycles. The van der Waals surface area contributed by atoms with Crippen molar-refractivity contribution in [2.75, 3.05) is 6.61 Å². The van der Waals surface area contributed by atoms with Gasteiger partial charge in [0.2, 0.25) is 0 Å². The van der Waals surface area contributed by atoms with Crippen LogP contribution in [0, 0.1) is 0 Å². The average Bonchev–Trinajstić information content (AvgIpc) is 1.83. The van der Waals surface area contributed by atoms with Crippen LogP contribution in [0.1, 0.15) is 26.7 Å². The van der Waals surface area contributed by atoms with E-state index in [4.69, 9.17) is 5.11 Å². The number of hydrogen-bond donors (Lipinski definition) is 1. The molecule has 0 atom stereocenters. The highest BCUT2D eigenvalue weighted by molar-refractivity contribution is 4.96. The molecule has 0 amide bonds. The summed E-state index contributed by atoms with van der Waals surface area (Å²) in [5.41, 5.74) is 1.36. The van der Waals surface area contributed by atoms with E-state index in [0.29, 0.717) is 0 Å². The third-order valence-electron chi connectivity index (χ3n) is 1.18. The Hall–Kier alpha value is -0.300. The van der Waals surface area contributed by atoms with Crippen LogP contribution in [0.4, 0.5) is 0 Å². The molecule has 1 heteroatoms. The highest BCUT2D eigenvalue weighted by Crippen LogP contribution is 1.98. The van der Waals surface area contributed by atoms with Gasteiger partial charge in [0.15, 0.2) is 0 Å². The molecule has 0 aromatic carbocycles. The molecule has 8 heavy (non-hydrogen) atoms. The van der Waals surface area contributed by atoms with Crippen molar-refractivity contribution in [3.63, 3.8) is 0 Å². The second kappa shape index (κ2) is 4.85. The first kappa shape index (κ1) is 7.70. The highest BCUT2D eigenvalue weighted by Gasteiger charge is 1.80. The molecule has 0 unspecified atom stereocenters. The first-order chi connectivity index (χ1) is 3.81. The fourth-order valence-corrected chi connectivity index (χ4v) is 0.455. The Bertz CT molecular complexity index is 74.5. The SMILES string of the molecule is CCC(C)=CCCO. The molecule has 0 fully saturated rings. The molecular formula is C7H14O. The number of aliphatic hydroxyl groups is 1. The van der Waals surface area contributed by atoms with Gasteiger partial charge in [0.05, 0.1) is 0 Å². The first-order valence-electron chi connectivity index (χ1n) is 3.07. The second-order valence-corrected chi connectivity index (χ2v) is 1.92. The number of allylic oxidation sites excluding steroid dienone is 1. The van der Waals surface area contributed by atoms with Crippen LogP contribution >= 0.6 is 0 Å².